The van der Waals surface area contributed by atoms with Crippen LogP contribution in [0.3, 0.4) is 0 Å². The van der Waals surface area contributed by atoms with Crippen molar-refractivity contribution in [1.82, 2.24) is 0 Å². The van der Waals surface area contributed by atoms with E-state index in [9.17, 15) is 10.4 Å². The van der Waals surface area contributed by atoms with E-state index in [1.807, 2.05) is 6.07 Å². The predicted octanol–water partition coefficient (Wildman–Crippen LogP) is 5.39. The molecule has 7 heteroatoms. The van der Waals surface area contributed by atoms with Crippen molar-refractivity contribution in [2.24, 2.45) is 17.8 Å². The summed E-state index contributed by atoms with van der Waals surface area (Å²) in [5, 5.41) is 24.0. The summed E-state index contributed by atoms with van der Waals surface area (Å²) in [4.78, 5) is 1.30. The first-order valence-corrected chi connectivity index (χ1v) is 10.3. The van der Waals surface area contributed by atoms with Gasteiger partial charge in [-0.2, -0.15) is 11.3 Å². The molecule has 0 saturated heterocycles. The first kappa shape index (κ1) is 23.1. The Morgan fingerprint density at radius 2 is 2.00 bits per heavy atom. The van der Waals surface area contributed by atoms with E-state index in [0.29, 0.717) is 28.8 Å². The molecule has 1 saturated carbocycles. The van der Waals surface area contributed by atoms with E-state index in [0.717, 1.165) is 19.3 Å². The molecular formula is C20H20Cl2NO2SY-. The van der Waals surface area contributed by atoms with Crippen LogP contribution < -0.4 is 4.74 Å². The van der Waals surface area contributed by atoms with Gasteiger partial charge in [-0.15, -0.1) is 10.3 Å². The first-order valence-electron chi connectivity index (χ1n) is 8.68. The summed E-state index contributed by atoms with van der Waals surface area (Å²) >= 11 is 13.6. The number of benzene rings is 1. The van der Waals surface area contributed by atoms with Gasteiger partial charge >= 0.3 is 0 Å². The van der Waals surface area contributed by atoms with Crippen molar-refractivity contribution in [1.29, 1.82) is 5.26 Å². The van der Waals surface area contributed by atoms with Crippen LogP contribution in [0.4, 0.5) is 0 Å². The zero-order valence-corrected chi connectivity index (χ0v) is 19.9. The van der Waals surface area contributed by atoms with Gasteiger partial charge in [-0.05, 0) is 37.0 Å². The third kappa shape index (κ3) is 6.42. The van der Waals surface area contributed by atoms with Gasteiger partial charge in [0.2, 0.25) is 0 Å². The number of ether oxygens (including phenoxy) is 1. The fourth-order valence-corrected chi connectivity index (χ4v) is 4.89. The monoisotopic (exact) mass is 497 g/mol. The number of aryl methyl sites for hydroxylation is 1. The average Bonchev–Trinajstić information content (AvgIpc) is 3.20. The molecule has 141 valence electrons. The maximum Gasteiger partial charge on any atom is 0.122 e. The summed E-state index contributed by atoms with van der Waals surface area (Å²) in [6, 6.07) is 11.5. The summed E-state index contributed by atoms with van der Waals surface area (Å²) in [5.41, 5.74) is 0. The van der Waals surface area contributed by atoms with Crippen molar-refractivity contribution in [2.75, 3.05) is 6.61 Å². The summed E-state index contributed by atoms with van der Waals surface area (Å²) in [6.07, 6.45) is 2.87. The second-order valence-corrected chi connectivity index (χ2v) is 8.53. The van der Waals surface area contributed by atoms with Crippen LogP contribution in [0.1, 0.15) is 24.1 Å². The molecule has 1 aromatic heterocycles. The van der Waals surface area contributed by atoms with E-state index in [2.05, 4.69) is 17.5 Å². The Bertz CT molecular complexity index is 746. The molecule has 0 unspecified atom stereocenters. The summed E-state index contributed by atoms with van der Waals surface area (Å²) in [7, 11) is 0. The first-order chi connectivity index (χ1) is 12.6. The predicted molar refractivity (Wildman–Crippen MR) is 105 cm³/mol. The summed E-state index contributed by atoms with van der Waals surface area (Å²) in [5.74, 6) is 0.528. The second-order valence-electron chi connectivity index (χ2n) is 6.69. The van der Waals surface area contributed by atoms with Gasteiger partial charge in [-0.1, -0.05) is 36.0 Å². The number of rotatable bonds is 7. The van der Waals surface area contributed by atoms with Gasteiger partial charge in [-0.25, -0.2) is 6.07 Å². The van der Waals surface area contributed by atoms with Crippen molar-refractivity contribution >= 4 is 34.5 Å². The Morgan fingerprint density at radius 1 is 1.26 bits per heavy atom. The Balaban J connectivity index is 0.00000261. The van der Waals surface area contributed by atoms with Crippen LogP contribution in [0.5, 0.6) is 5.75 Å². The average molecular weight is 498 g/mol. The zero-order chi connectivity index (χ0) is 18.5. The SMILES string of the molecule is N#C[C@@H]1C[C@@H](O)[C@H](COc2cc(Cl)cc(Cl)c2)[C@H]1CCCc1cc[c-]s1.[Y]. The summed E-state index contributed by atoms with van der Waals surface area (Å²) < 4.78 is 5.86. The molecule has 1 radical (unpaired) electrons. The standard InChI is InChI=1S/C20H20Cl2NO2S.Y/c21-14-8-15(22)10-16(9-14)25-12-19-18(13(11-23)7-20(19)24)5-1-3-17-4-2-6-26-17;/h2,4,8-10,13,18-20,24H,1,3,5,7,12H2;/q-1;/t13-,18-,19+,20+;/m0./s1. The maximum atomic E-state index is 10.4. The third-order valence-corrected chi connectivity index (χ3v) is 6.28. The Labute approximate surface area is 199 Å². The number of hydrogen-bond donors (Lipinski definition) is 1. The molecule has 27 heavy (non-hydrogen) atoms. The van der Waals surface area contributed by atoms with Crippen LogP contribution in [0.15, 0.2) is 30.3 Å². The van der Waals surface area contributed by atoms with Gasteiger partial charge in [0.05, 0.1) is 24.7 Å². The minimum atomic E-state index is -0.519. The van der Waals surface area contributed by atoms with Gasteiger partial charge in [0, 0.05) is 48.7 Å². The minimum Gasteiger partial charge on any atom is -0.493 e. The minimum absolute atomic E-state index is 0. The fourth-order valence-electron chi connectivity index (χ4n) is 3.71. The van der Waals surface area contributed by atoms with E-state index < -0.39 is 6.10 Å². The van der Waals surface area contributed by atoms with Gasteiger partial charge in [0.25, 0.3) is 0 Å². The van der Waals surface area contributed by atoms with Gasteiger partial charge in [0.15, 0.2) is 0 Å². The topological polar surface area (TPSA) is 53.2 Å². The Kier molecular flexibility index (Phi) is 9.55. The number of aliphatic hydroxyl groups excluding tert-OH is 1. The number of thiophene rings is 1. The smallest absolute Gasteiger partial charge is 0.122 e. The second kappa shape index (κ2) is 11.1. The number of nitrogens with zero attached hydrogens (tertiary/aromatic N) is 1. The maximum absolute atomic E-state index is 10.4. The Morgan fingerprint density at radius 3 is 2.63 bits per heavy atom. The molecule has 1 aliphatic carbocycles. The van der Waals surface area contributed by atoms with Crippen LogP contribution in [0.25, 0.3) is 0 Å². The van der Waals surface area contributed by atoms with E-state index in [4.69, 9.17) is 27.9 Å². The quantitative estimate of drug-likeness (QED) is 0.521. The molecule has 1 N–H and O–H groups in total. The van der Waals surface area contributed by atoms with Gasteiger partial charge < -0.3 is 21.2 Å². The molecular weight excluding hydrogens is 478 g/mol. The van der Waals surface area contributed by atoms with Crippen LogP contribution >= 0.6 is 34.5 Å². The van der Waals surface area contributed by atoms with E-state index in [1.165, 1.54) is 4.88 Å². The molecule has 1 aromatic carbocycles. The van der Waals surface area contributed by atoms with Crippen molar-refractivity contribution in [2.45, 2.75) is 31.8 Å². The van der Waals surface area contributed by atoms with E-state index in [1.54, 1.807) is 29.5 Å². The molecule has 1 heterocycles. The largest absolute Gasteiger partial charge is 0.493 e. The van der Waals surface area contributed by atoms with Gasteiger partial charge in [0.1, 0.15) is 5.75 Å². The molecule has 0 aliphatic heterocycles. The molecule has 3 rings (SSSR count). The van der Waals surface area contributed by atoms with Gasteiger partial charge in [-0.3, -0.25) is 0 Å². The molecule has 0 spiro atoms. The van der Waals surface area contributed by atoms with Crippen LogP contribution in [0.2, 0.25) is 10.0 Å². The third-order valence-electron chi connectivity index (χ3n) is 4.99. The molecule has 0 bridgehead atoms. The Hall–Kier alpha value is -0.146. The zero-order valence-electron chi connectivity index (χ0n) is 14.8. The van der Waals surface area contributed by atoms with Crippen molar-refractivity contribution in [3.05, 3.63) is 50.6 Å². The van der Waals surface area contributed by atoms with Crippen LogP contribution in [-0.2, 0) is 39.1 Å². The number of aliphatic hydroxyl groups is 1. The normalized spacial score (nSPS) is 24.2. The molecule has 1 fully saturated rings. The van der Waals surface area contributed by atoms with Crippen molar-refractivity contribution in [3.63, 3.8) is 0 Å². The van der Waals surface area contributed by atoms with Crippen molar-refractivity contribution < 1.29 is 42.6 Å². The molecule has 4 atom stereocenters. The van der Waals surface area contributed by atoms with Crippen LogP contribution in [0, 0.1) is 34.5 Å². The van der Waals surface area contributed by atoms with Crippen LogP contribution in [-0.4, -0.2) is 17.8 Å². The van der Waals surface area contributed by atoms with Crippen molar-refractivity contribution in [3.8, 4) is 11.8 Å². The van der Waals surface area contributed by atoms with E-state index >= 15 is 0 Å². The number of halogens is 2. The van der Waals surface area contributed by atoms with E-state index in [-0.39, 0.29) is 50.5 Å². The molecule has 3 nitrogen and oxygen atoms in total. The molecule has 1 aliphatic rings. The fraction of sp³-hybridized carbons (Fsp3) is 0.450. The summed E-state index contributed by atoms with van der Waals surface area (Å²) in [6.45, 7) is 0.355. The number of hydrogen-bond acceptors (Lipinski definition) is 4. The number of nitriles is 1. The molecule has 2 aromatic rings. The molecule has 0 amide bonds.